The minimum atomic E-state index is -1.19. The number of carboxylic acids is 2. The summed E-state index contributed by atoms with van der Waals surface area (Å²) in [5, 5.41) is 26.1. The van der Waals surface area contributed by atoms with Gasteiger partial charge in [0.2, 0.25) is 0 Å². The molecule has 5 nitrogen and oxygen atoms in total. The van der Waals surface area contributed by atoms with E-state index in [4.69, 9.17) is 15.3 Å². The van der Waals surface area contributed by atoms with Crippen molar-refractivity contribution < 1.29 is 24.9 Å². The number of carboxylic acid groups (broad SMARTS) is 2. The average molecular weight is 196 g/mol. The lowest BCUT2D eigenvalue weighted by atomic mass is 10.0. The minimum Gasteiger partial charge on any atom is -0.478 e. The predicted molar refractivity (Wildman–Crippen MR) is 46.3 cm³/mol. The van der Waals surface area contributed by atoms with Gasteiger partial charge in [0.05, 0.1) is 17.7 Å². The summed E-state index contributed by atoms with van der Waals surface area (Å²) in [7, 11) is 0. The second kappa shape index (κ2) is 3.89. The lowest BCUT2D eigenvalue weighted by Crippen LogP contribution is -2.05. The Morgan fingerprint density at radius 3 is 2.21 bits per heavy atom. The summed E-state index contributed by atoms with van der Waals surface area (Å²) in [5.41, 5.74) is -0.0334. The number of aliphatic hydroxyl groups is 1. The molecule has 0 unspecified atom stereocenters. The van der Waals surface area contributed by atoms with Crippen molar-refractivity contribution in [1.82, 2.24) is 0 Å². The Kier molecular flexibility index (Phi) is 2.83. The van der Waals surface area contributed by atoms with Gasteiger partial charge < -0.3 is 15.3 Å². The molecule has 0 radical (unpaired) electrons. The highest BCUT2D eigenvalue weighted by molar-refractivity contribution is 5.93. The van der Waals surface area contributed by atoms with Gasteiger partial charge in [-0.25, -0.2) is 9.59 Å². The summed E-state index contributed by atoms with van der Waals surface area (Å²) in [5.74, 6) is -2.34. The Morgan fingerprint density at radius 1 is 1.14 bits per heavy atom. The normalized spacial score (nSPS) is 9.79. The van der Waals surface area contributed by atoms with E-state index in [-0.39, 0.29) is 16.7 Å². The lowest BCUT2D eigenvalue weighted by Gasteiger charge is -2.03. The van der Waals surface area contributed by atoms with Crippen LogP contribution in [0.3, 0.4) is 0 Å². The van der Waals surface area contributed by atoms with Crippen molar-refractivity contribution in [3.8, 4) is 0 Å². The van der Waals surface area contributed by atoms with Crippen LogP contribution in [0.4, 0.5) is 0 Å². The number of hydrogen-bond acceptors (Lipinski definition) is 3. The molecule has 1 aromatic rings. The first-order valence-electron chi connectivity index (χ1n) is 3.76. The molecule has 5 heteroatoms. The maximum absolute atomic E-state index is 10.6. The van der Waals surface area contributed by atoms with Crippen LogP contribution < -0.4 is 0 Å². The number of aromatic carboxylic acids is 2. The maximum Gasteiger partial charge on any atom is 0.336 e. The number of benzene rings is 1. The van der Waals surface area contributed by atoms with E-state index in [0.29, 0.717) is 0 Å². The highest BCUT2D eigenvalue weighted by Crippen LogP contribution is 2.12. The first kappa shape index (κ1) is 10.2. The molecule has 0 amide bonds. The van der Waals surface area contributed by atoms with Gasteiger partial charge in [0, 0.05) is 0 Å². The molecule has 0 spiro atoms. The molecule has 0 aliphatic carbocycles. The largest absolute Gasteiger partial charge is 0.478 e. The minimum absolute atomic E-state index is 0.0425. The molecule has 3 N–H and O–H groups in total. The first-order chi connectivity index (χ1) is 6.56. The lowest BCUT2D eigenvalue weighted by molar-refractivity contribution is 0.0678. The monoisotopic (exact) mass is 196 g/mol. The average Bonchev–Trinajstić information content (AvgIpc) is 2.16. The van der Waals surface area contributed by atoms with Gasteiger partial charge >= 0.3 is 11.9 Å². The molecule has 1 aromatic carbocycles. The van der Waals surface area contributed by atoms with Crippen LogP contribution in [-0.2, 0) is 6.61 Å². The van der Waals surface area contributed by atoms with Crippen LogP contribution in [0.2, 0.25) is 0 Å². The van der Waals surface area contributed by atoms with Gasteiger partial charge in [-0.3, -0.25) is 0 Å². The Balaban J connectivity index is 3.25. The highest BCUT2D eigenvalue weighted by atomic mass is 16.4. The number of hydrogen-bond donors (Lipinski definition) is 3. The zero-order valence-electron chi connectivity index (χ0n) is 7.10. The van der Waals surface area contributed by atoms with Gasteiger partial charge in [0.25, 0.3) is 0 Å². The van der Waals surface area contributed by atoms with Gasteiger partial charge in [0.1, 0.15) is 0 Å². The van der Waals surface area contributed by atoms with Gasteiger partial charge in [-0.2, -0.15) is 0 Å². The van der Waals surface area contributed by atoms with Crippen molar-refractivity contribution >= 4 is 11.9 Å². The Bertz CT molecular complexity index is 383. The van der Waals surface area contributed by atoms with Crippen molar-refractivity contribution in [1.29, 1.82) is 0 Å². The zero-order valence-corrected chi connectivity index (χ0v) is 7.10. The molecule has 0 fully saturated rings. The van der Waals surface area contributed by atoms with Gasteiger partial charge in [-0.15, -0.1) is 0 Å². The van der Waals surface area contributed by atoms with Crippen LogP contribution in [-0.4, -0.2) is 27.3 Å². The third-order valence-electron chi connectivity index (χ3n) is 1.75. The summed E-state index contributed by atoms with van der Waals surface area (Å²) >= 11 is 0. The van der Waals surface area contributed by atoms with Crippen LogP contribution in [0.25, 0.3) is 0 Å². The van der Waals surface area contributed by atoms with Crippen molar-refractivity contribution in [3.05, 3.63) is 34.9 Å². The Labute approximate surface area is 79.2 Å². The summed E-state index contributed by atoms with van der Waals surface area (Å²) in [6.45, 7) is -0.497. The molecule has 0 aliphatic rings. The maximum atomic E-state index is 10.6. The molecule has 0 bridgehead atoms. The predicted octanol–water partition coefficient (Wildman–Crippen LogP) is 0.575. The van der Waals surface area contributed by atoms with Crippen molar-refractivity contribution in [3.63, 3.8) is 0 Å². The van der Waals surface area contributed by atoms with E-state index in [1.54, 1.807) is 0 Å². The second-order valence-electron chi connectivity index (χ2n) is 2.64. The van der Waals surface area contributed by atoms with Crippen LogP contribution in [0.15, 0.2) is 18.2 Å². The first-order valence-corrected chi connectivity index (χ1v) is 3.76. The van der Waals surface area contributed by atoms with Crippen LogP contribution in [0.1, 0.15) is 26.3 Å². The van der Waals surface area contributed by atoms with E-state index in [1.807, 2.05) is 0 Å². The third-order valence-corrected chi connectivity index (χ3v) is 1.75. The quantitative estimate of drug-likeness (QED) is 0.657. The molecule has 0 aromatic heterocycles. The van der Waals surface area contributed by atoms with E-state index in [9.17, 15) is 9.59 Å². The van der Waals surface area contributed by atoms with E-state index in [1.165, 1.54) is 6.07 Å². The van der Waals surface area contributed by atoms with Gasteiger partial charge in [-0.05, 0) is 23.8 Å². The van der Waals surface area contributed by atoms with Crippen molar-refractivity contribution in [2.75, 3.05) is 0 Å². The fraction of sp³-hybridized carbons (Fsp3) is 0.111. The summed E-state index contributed by atoms with van der Waals surface area (Å²) in [4.78, 5) is 21.1. The van der Waals surface area contributed by atoms with Crippen LogP contribution in [0.5, 0.6) is 0 Å². The van der Waals surface area contributed by atoms with Crippen molar-refractivity contribution in [2.45, 2.75) is 6.61 Å². The van der Waals surface area contributed by atoms with Crippen LogP contribution in [0, 0.1) is 0 Å². The Morgan fingerprint density at radius 2 is 1.79 bits per heavy atom. The second-order valence-corrected chi connectivity index (χ2v) is 2.64. The summed E-state index contributed by atoms with van der Waals surface area (Å²) < 4.78 is 0. The molecule has 0 saturated carbocycles. The number of aliphatic hydroxyl groups excluding tert-OH is 1. The highest BCUT2D eigenvalue weighted by Gasteiger charge is 2.12. The summed E-state index contributed by atoms with van der Waals surface area (Å²) in [6.07, 6.45) is 0. The van der Waals surface area contributed by atoms with Crippen LogP contribution >= 0.6 is 0 Å². The molecular weight excluding hydrogens is 188 g/mol. The molecule has 0 atom stereocenters. The van der Waals surface area contributed by atoms with E-state index >= 15 is 0 Å². The molecule has 74 valence electrons. The van der Waals surface area contributed by atoms with Gasteiger partial charge in [0.15, 0.2) is 0 Å². The van der Waals surface area contributed by atoms with Gasteiger partial charge in [-0.1, -0.05) is 0 Å². The topological polar surface area (TPSA) is 94.8 Å². The molecule has 1 rings (SSSR count). The zero-order chi connectivity index (χ0) is 10.7. The fourth-order valence-corrected chi connectivity index (χ4v) is 1.07. The SMILES string of the molecule is O=C(O)c1ccc(C(=O)O)c(CO)c1. The molecule has 0 saturated heterocycles. The Hall–Kier alpha value is -1.88. The standard InChI is InChI=1S/C9H8O5/c10-4-6-3-5(8(11)12)1-2-7(6)9(13)14/h1-3,10H,4H2,(H,11,12)(H,13,14). The number of carbonyl (C=O) groups is 2. The van der Waals surface area contributed by atoms with Crippen molar-refractivity contribution in [2.24, 2.45) is 0 Å². The van der Waals surface area contributed by atoms with E-state index in [0.717, 1.165) is 12.1 Å². The molecule has 0 heterocycles. The summed E-state index contributed by atoms with van der Waals surface area (Å²) in [6, 6.07) is 3.49. The fourth-order valence-electron chi connectivity index (χ4n) is 1.07. The number of rotatable bonds is 3. The third kappa shape index (κ3) is 1.89. The van der Waals surface area contributed by atoms with E-state index in [2.05, 4.69) is 0 Å². The molecule has 0 aliphatic heterocycles. The molecular formula is C9H8O5. The smallest absolute Gasteiger partial charge is 0.336 e. The molecule has 14 heavy (non-hydrogen) atoms. The van der Waals surface area contributed by atoms with E-state index < -0.39 is 18.5 Å².